The first-order valence-electron chi connectivity index (χ1n) is 6.70. The minimum absolute atomic E-state index is 0.756. The van der Waals surface area contributed by atoms with Crippen LogP contribution >= 0.6 is 11.8 Å². The van der Waals surface area contributed by atoms with Gasteiger partial charge in [0.05, 0.1) is 0 Å². The smallest absolute Gasteiger partial charge is 0.0168 e. The average molecular weight is 227 g/mol. The molecule has 2 fully saturated rings. The number of rotatable bonds is 3. The SMILES string of the molecule is C[C@@H](NC1CCSC1)C1CCCCCC1. The van der Waals surface area contributed by atoms with Crippen LogP contribution in [0.4, 0.5) is 0 Å². The Morgan fingerprint density at radius 3 is 2.40 bits per heavy atom. The van der Waals surface area contributed by atoms with E-state index in [0.717, 1.165) is 18.0 Å². The average Bonchev–Trinajstić information content (AvgIpc) is 2.58. The van der Waals surface area contributed by atoms with Gasteiger partial charge in [-0.25, -0.2) is 0 Å². The molecule has 0 amide bonds. The summed E-state index contributed by atoms with van der Waals surface area (Å²) in [4.78, 5) is 0. The topological polar surface area (TPSA) is 12.0 Å². The molecule has 1 saturated heterocycles. The number of hydrogen-bond acceptors (Lipinski definition) is 2. The van der Waals surface area contributed by atoms with Crippen LogP contribution in [0.5, 0.6) is 0 Å². The van der Waals surface area contributed by atoms with Crippen LogP contribution in [0.2, 0.25) is 0 Å². The second-order valence-corrected chi connectivity index (χ2v) is 6.42. The van der Waals surface area contributed by atoms with Crippen molar-refractivity contribution in [3.63, 3.8) is 0 Å². The third kappa shape index (κ3) is 3.67. The standard InChI is InChI=1S/C13H25NS/c1-11(14-13-8-9-15-10-13)12-6-4-2-3-5-7-12/h11-14H,2-10H2,1H3/t11-,13?/m1/s1. The molecule has 0 spiro atoms. The van der Waals surface area contributed by atoms with Gasteiger partial charge in [-0.3, -0.25) is 0 Å². The van der Waals surface area contributed by atoms with Crippen molar-refractivity contribution in [3.05, 3.63) is 0 Å². The Labute approximate surface area is 98.8 Å². The lowest BCUT2D eigenvalue weighted by Crippen LogP contribution is -2.40. The minimum Gasteiger partial charge on any atom is -0.310 e. The molecule has 1 saturated carbocycles. The predicted octanol–water partition coefficient (Wildman–Crippen LogP) is 3.44. The van der Waals surface area contributed by atoms with Crippen molar-refractivity contribution >= 4 is 11.8 Å². The number of hydrogen-bond donors (Lipinski definition) is 1. The van der Waals surface area contributed by atoms with Crippen molar-refractivity contribution in [3.8, 4) is 0 Å². The van der Waals surface area contributed by atoms with Gasteiger partial charge in [0, 0.05) is 17.8 Å². The lowest BCUT2D eigenvalue weighted by atomic mass is 9.92. The van der Waals surface area contributed by atoms with Crippen molar-refractivity contribution in [2.45, 2.75) is 64.0 Å². The summed E-state index contributed by atoms with van der Waals surface area (Å²) >= 11 is 2.11. The van der Waals surface area contributed by atoms with Crippen LogP contribution in [0.1, 0.15) is 51.9 Å². The Kier molecular flexibility index (Phi) is 4.83. The van der Waals surface area contributed by atoms with E-state index in [9.17, 15) is 0 Å². The van der Waals surface area contributed by atoms with Crippen LogP contribution in [0, 0.1) is 5.92 Å². The highest BCUT2D eigenvalue weighted by Crippen LogP contribution is 2.26. The van der Waals surface area contributed by atoms with Crippen LogP contribution in [0.15, 0.2) is 0 Å². The fourth-order valence-electron chi connectivity index (χ4n) is 2.98. The maximum absolute atomic E-state index is 3.86. The lowest BCUT2D eigenvalue weighted by molar-refractivity contribution is 0.316. The summed E-state index contributed by atoms with van der Waals surface area (Å²) in [7, 11) is 0. The van der Waals surface area contributed by atoms with Gasteiger partial charge in [-0.2, -0.15) is 11.8 Å². The molecule has 0 radical (unpaired) electrons. The van der Waals surface area contributed by atoms with Gasteiger partial charge < -0.3 is 5.32 Å². The van der Waals surface area contributed by atoms with E-state index in [-0.39, 0.29) is 0 Å². The lowest BCUT2D eigenvalue weighted by Gasteiger charge is -2.26. The number of thioether (sulfide) groups is 1. The molecule has 1 unspecified atom stereocenters. The van der Waals surface area contributed by atoms with Gasteiger partial charge in [0.2, 0.25) is 0 Å². The zero-order valence-corrected chi connectivity index (χ0v) is 10.8. The molecule has 2 rings (SSSR count). The first-order chi connectivity index (χ1) is 7.36. The summed E-state index contributed by atoms with van der Waals surface area (Å²) in [6.07, 6.45) is 10.2. The second-order valence-electron chi connectivity index (χ2n) is 5.27. The molecule has 0 aromatic carbocycles. The molecule has 15 heavy (non-hydrogen) atoms. The minimum atomic E-state index is 0.756. The highest BCUT2D eigenvalue weighted by atomic mass is 32.2. The fraction of sp³-hybridized carbons (Fsp3) is 1.00. The highest BCUT2D eigenvalue weighted by molar-refractivity contribution is 7.99. The molecule has 88 valence electrons. The molecule has 0 bridgehead atoms. The zero-order chi connectivity index (χ0) is 10.5. The monoisotopic (exact) mass is 227 g/mol. The first-order valence-corrected chi connectivity index (χ1v) is 7.85. The quantitative estimate of drug-likeness (QED) is 0.741. The Morgan fingerprint density at radius 1 is 1.07 bits per heavy atom. The molecule has 2 heteroatoms. The van der Waals surface area contributed by atoms with Crippen molar-refractivity contribution in [1.29, 1.82) is 0 Å². The van der Waals surface area contributed by atoms with Crippen LogP contribution in [0.25, 0.3) is 0 Å². The molecular weight excluding hydrogens is 202 g/mol. The zero-order valence-electron chi connectivity index (χ0n) is 10.0. The molecular formula is C13H25NS. The molecule has 1 N–H and O–H groups in total. The summed E-state index contributed by atoms with van der Waals surface area (Å²) in [5.74, 6) is 3.67. The molecule has 2 atom stereocenters. The Hall–Kier alpha value is 0.310. The van der Waals surface area contributed by atoms with E-state index < -0.39 is 0 Å². The normalized spacial score (nSPS) is 31.4. The molecule has 1 aliphatic heterocycles. The van der Waals surface area contributed by atoms with Crippen molar-refractivity contribution in [2.75, 3.05) is 11.5 Å². The molecule has 1 aliphatic carbocycles. The van der Waals surface area contributed by atoms with Crippen molar-refractivity contribution in [2.24, 2.45) is 5.92 Å². The van der Waals surface area contributed by atoms with Gasteiger partial charge in [-0.15, -0.1) is 0 Å². The van der Waals surface area contributed by atoms with E-state index in [4.69, 9.17) is 0 Å². The van der Waals surface area contributed by atoms with E-state index in [1.807, 2.05) is 0 Å². The summed E-state index contributed by atoms with van der Waals surface area (Å²) in [6.45, 7) is 2.42. The maximum Gasteiger partial charge on any atom is 0.0168 e. The van der Waals surface area contributed by atoms with E-state index in [1.54, 1.807) is 0 Å². The Bertz CT molecular complexity index is 169. The van der Waals surface area contributed by atoms with Gasteiger partial charge in [-0.05, 0) is 37.9 Å². The van der Waals surface area contributed by atoms with Gasteiger partial charge in [-0.1, -0.05) is 25.7 Å². The summed E-state index contributed by atoms with van der Waals surface area (Å²) in [5, 5.41) is 3.86. The summed E-state index contributed by atoms with van der Waals surface area (Å²) < 4.78 is 0. The van der Waals surface area contributed by atoms with Crippen LogP contribution in [0.3, 0.4) is 0 Å². The molecule has 1 nitrogen and oxygen atoms in total. The fourth-order valence-corrected chi connectivity index (χ4v) is 4.15. The molecule has 0 aromatic rings. The third-order valence-electron chi connectivity index (χ3n) is 4.04. The predicted molar refractivity (Wildman–Crippen MR) is 69.5 cm³/mol. The molecule has 0 aromatic heterocycles. The first kappa shape index (κ1) is 11.8. The maximum atomic E-state index is 3.86. The summed E-state index contributed by atoms with van der Waals surface area (Å²) in [5.41, 5.74) is 0. The highest BCUT2D eigenvalue weighted by Gasteiger charge is 2.23. The Balaban J connectivity index is 1.74. The summed E-state index contributed by atoms with van der Waals surface area (Å²) in [6, 6.07) is 1.57. The van der Waals surface area contributed by atoms with Gasteiger partial charge in [0.15, 0.2) is 0 Å². The van der Waals surface area contributed by atoms with E-state index in [1.165, 1.54) is 56.5 Å². The van der Waals surface area contributed by atoms with Gasteiger partial charge in [0.1, 0.15) is 0 Å². The van der Waals surface area contributed by atoms with Gasteiger partial charge in [0.25, 0.3) is 0 Å². The second kappa shape index (κ2) is 6.15. The number of nitrogens with one attached hydrogen (secondary N) is 1. The molecule has 2 aliphatic rings. The third-order valence-corrected chi connectivity index (χ3v) is 5.20. The van der Waals surface area contributed by atoms with E-state index in [2.05, 4.69) is 24.0 Å². The van der Waals surface area contributed by atoms with E-state index in [0.29, 0.717) is 0 Å². The Morgan fingerprint density at radius 2 is 1.80 bits per heavy atom. The van der Waals surface area contributed by atoms with Crippen molar-refractivity contribution in [1.82, 2.24) is 5.32 Å². The van der Waals surface area contributed by atoms with Crippen LogP contribution < -0.4 is 5.32 Å². The van der Waals surface area contributed by atoms with Crippen molar-refractivity contribution < 1.29 is 0 Å². The molecule has 1 heterocycles. The van der Waals surface area contributed by atoms with Crippen LogP contribution in [-0.4, -0.2) is 23.6 Å². The van der Waals surface area contributed by atoms with Crippen LogP contribution in [-0.2, 0) is 0 Å². The van der Waals surface area contributed by atoms with Gasteiger partial charge >= 0.3 is 0 Å². The van der Waals surface area contributed by atoms with E-state index >= 15 is 0 Å². The largest absolute Gasteiger partial charge is 0.310 e.